The predicted molar refractivity (Wildman–Crippen MR) is 80.1 cm³/mol. The average Bonchev–Trinajstić information content (AvgIpc) is 2.90. The van der Waals surface area contributed by atoms with Crippen LogP contribution in [0.1, 0.15) is 15.9 Å². The van der Waals surface area contributed by atoms with Crippen LogP contribution in [0.2, 0.25) is 0 Å². The molecule has 0 fully saturated rings. The van der Waals surface area contributed by atoms with Gasteiger partial charge in [0.2, 0.25) is 0 Å². The molecule has 2 N–H and O–H groups in total. The van der Waals surface area contributed by atoms with Crippen LogP contribution in [-0.4, -0.2) is 16.2 Å². The van der Waals surface area contributed by atoms with Crippen LogP contribution < -0.4 is 0 Å². The highest BCUT2D eigenvalue weighted by atomic mass is 32.1. The molecule has 0 aliphatic rings. The summed E-state index contributed by atoms with van der Waals surface area (Å²) < 4.78 is 0.938. The van der Waals surface area contributed by atoms with Crippen molar-refractivity contribution in [3.8, 4) is 11.1 Å². The first-order valence-corrected chi connectivity index (χ1v) is 7.02. The molecule has 0 amide bonds. The number of aliphatic hydroxyl groups excluding tert-OH is 1. The zero-order valence-corrected chi connectivity index (χ0v) is 11.4. The summed E-state index contributed by atoms with van der Waals surface area (Å²) in [6.07, 6.45) is 0. The second kappa shape index (κ2) is 5.07. The van der Waals surface area contributed by atoms with Crippen molar-refractivity contribution in [2.24, 2.45) is 0 Å². The van der Waals surface area contributed by atoms with Crippen molar-refractivity contribution >= 4 is 27.4 Å². The number of hydrogen-bond acceptors (Lipinski definition) is 3. The summed E-state index contributed by atoms with van der Waals surface area (Å²) in [7, 11) is 0. The summed E-state index contributed by atoms with van der Waals surface area (Å²) in [5, 5.41) is 20.9. The van der Waals surface area contributed by atoms with Crippen molar-refractivity contribution in [1.82, 2.24) is 0 Å². The predicted octanol–water partition coefficient (Wildman–Crippen LogP) is 3.76. The molecule has 4 heteroatoms. The van der Waals surface area contributed by atoms with Gasteiger partial charge in [-0.05, 0) is 22.8 Å². The highest BCUT2D eigenvalue weighted by molar-refractivity contribution is 7.17. The molecule has 3 rings (SSSR count). The molecule has 0 unspecified atom stereocenters. The van der Waals surface area contributed by atoms with Gasteiger partial charge in [0.15, 0.2) is 0 Å². The first kappa shape index (κ1) is 12.8. The van der Waals surface area contributed by atoms with Gasteiger partial charge in [-0.1, -0.05) is 36.4 Å². The van der Waals surface area contributed by atoms with Gasteiger partial charge in [0.1, 0.15) is 0 Å². The first-order chi connectivity index (χ1) is 9.70. The van der Waals surface area contributed by atoms with Crippen LogP contribution in [0.4, 0.5) is 0 Å². The Kier molecular flexibility index (Phi) is 3.26. The number of rotatable bonds is 3. The van der Waals surface area contributed by atoms with Gasteiger partial charge >= 0.3 is 5.97 Å². The third-order valence-electron chi connectivity index (χ3n) is 3.30. The summed E-state index contributed by atoms with van der Waals surface area (Å²) in [5.74, 6) is -0.903. The molecule has 0 saturated heterocycles. The third-order valence-corrected chi connectivity index (χ3v) is 4.25. The van der Waals surface area contributed by atoms with Crippen molar-refractivity contribution < 1.29 is 15.0 Å². The monoisotopic (exact) mass is 284 g/mol. The molecule has 20 heavy (non-hydrogen) atoms. The van der Waals surface area contributed by atoms with Crippen LogP contribution in [-0.2, 0) is 6.61 Å². The largest absolute Gasteiger partial charge is 0.478 e. The van der Waals surface area contributed by atoms with E-state index in [1.807, 2.05) is 42.5 Å². The number of aromatic carboxylic acids is 1. The summed E-state index contributed by atoms with van der Waals surface area (Å²) in [5.41, 5.74) is 3.16. The van der Waals surface area contributed by atoms with Crippen LogP contribution >= 0.6 is 11.3 Å². The minimum atomic E-state index is -0.903. The standard InChI is InChI=1S/C16H12O3S/c17-8-11-3-1-2-4-12(11)10-5-6-13-14(16(18)19)9-20-15(13)7-10/h1-7,9,17H,8H2,(H,18,19). The lowest BCUT2D eigenvalue weighted by Crippen LogP contribution is -1.93. The second-order valence-corrected chi connectivity index (χ2v) is 5.39. The number of benzene rings is 2. The lowest BCUT2D eigenvalue weighted by atomic mass is 9.99. The Labute approximate surface area is 119 Å². The topological polar surface area (TPSA) is 57.5 Å². The Hall–Kier alpha value is -2.17. The van der Waals surface area contributed by atoms with Gasteiger partial charge in [0.05, 0.1) is 12.2 Å². The average molecular weight is 284 g/mol. The molecule has 0 spiro atoms. The molecule has 1 heterocycles. The number of thiophene rings is 1. The number of carboxylic acids is 1. The molecule has 0 aliphatic carbocycles. The van der Waals surface area contributed by atoms with Gasteiger partial charge in [0, 0.05) is 15.5 Å². The van der Waals surface area contributed by atoms with Crippen LogP contribution in [0.15, 0.2) is 47.8 Å². The quantitative estimate of drug-likeness (QED) is 0.770. The van der Waals surface area contributed by atoms with Gasteiger partial charge in [-0.25, -0.2) is 4.79 Å². The zero-order chi connectivity index (χ0) is 14.1. The maximum absolute atomic E-state index is 11.1. The lowest BCUT2D eigenvalue weighted by Gasteiger charge is -2.07. The van der Waals surface area contributed by atoms with Gasteiger partial charge in [0.25, 0.3) is 0 Å². The molecular weight excluding hydrogens is 272 g/mol. The highest BCUT2D eigenvalue weighted by Gasteiger charge is 2.12. The lowest BCUT2D eigenvalue weighted by molar-refractivity contribution is 0.0699. The number of hydrogen-bond donors (Lipinski definition) is 2. The molecule has 0 saturated carbocycles. The fourth-order valence-corrected chi connectivity index (χ4v) is 3.27. The van der Waals surface area contributed by atoms with Crippen molar-refractivity contribution in [3.05, 3.63) is 59.0 Å². The van der Waals surface area contributed by atoms with Crippen LogP contribution in [0, 0.1) is 0 Å². The van der Waals surface area contributed by atoms with E-state index in [-0.39, 0.29) is 6.61 Å². The van der Waals surface area contributed by atoms with Gasteiger partial charge < -0.3 is 10.2 Å². The normalized spacial score (nSPS) is 10.8. The molecule has 0 aliphatic heterocycles. The first-order valence-electron chi connectivity index (χ1n) is 6.14. The Morgan fingerprint density at radius 2 is 1.95 bits per heavy atom. The molecule has 0 radical (unpaired) electrons. The number of carboxylic acid groups (broad SMARTS) is 1. The summed E-state index contributed by atoms with van der Waals surface area (Å²) in [6, 6.07) is 13.4. The molecule has 0 bridgehead atoms. The van der Waals surface area contributed by atoms with Crippen molar-refractivity contribution in [2.75, 3.05) is 0 Å². The number of aliphatic hydroxyl groups is 1. The summed E-state index contributed by atoms with van der Waals surface area (Å²) in [6.45, 7) is -0.0149. The van der Waals surface area contributed by atoms with Crippen molar-refractivity contribution in [1.29, 1.82) is 0 Å². The smallest absolute Gasteiger partial charge is 0.337 e. The van der Waals surface area contributed by atoms with E-state index in [0.29, 0.717) is 5.56 Å². The van der Waals surface area contributed by atoms with Gasteiger partial charge in [-0.3, -0.25) is 0 Å². The zero-order valence-electron chi connectivity index (χ0n) is 10.5. The van der Waals surface area contributed by atoms with E-state index in [2.05, 4.69) is 0 Å². The fourth-order valence-electron chi connectivity index (χ4n) is 2.30. The van der Waals surface area contributed by atoms with E-state index in [4.69, 9.17) is 5.11 Å². The Bertz CT molecular complexity index is 789. The number of fused-ring (bicyclic) bond motifs is 1. The van der Waals surface area contributed by atoms with Crippen LogP contribution in [0.25, 0.3) is 21.2 Å². The third kappa shape index (κ3) is 2.09. The molecule has 100 valence electrons. The van der Waals surface area contributed by atoms with E-state index >= 15 is 0 Å². The van der Waals surface area contributed by atoms with Crippen LogP contribution in [0.3, 0.4) is 0 Å². The maximum Gasteiger partial charge on any atom is 0.337 e. The molecule has 1 aromatic heterocycles. The van der Waals surface area contributed by atoms with E-state index in [0.717, 1.165) is 26.8 Å². The molecular formula is C16H12O3S. The Balaban J connectivity index is 2.16. The van der Waals surface area contributed by atoms with Crippen molar-refractivity contribution in [3.63, 3.8) is 0 Å². The molecule has 3 aromatic rings. The van der Waals surface area contributed by atoms with Gasteiger partial charge in [-0.15, -0.1) is 11.3 Å². The molecule has 2 aromatic carbocycles. The number of carbonyl (C=O) groups is 1. The second-order valence-electron chi connectivity index (χ2n) is 4.48. The Morgan fingerprint density at radius 1 is 1.15 bits per heavy atom. The van der Waals surface area contributed by atoms with E-state index in [9.17, 15) is 9.90 Å². The molecule has 0 atom stereocenters. The van der Waals surface area contributed by atoms with E-state index in [1.54, 1.807) is 5.38 Å². The van der Waals surface area contributed by atoms with Gasteiger partial charge in [-0.2, -0.15) is 0 Å². The summed E-state index contributed by atoms with van der Waals surface area (Å²) in [4.78, 5) is 11.1. The summed E-state index contributed by atoms with van der Waals surface area (Å²) >= 11 is 1.42. The SMILES string of the molecule is O=C(O)c1csc2cc(-c3ccccc3CO)ccc12. The van der Waals surface area contributed by atoms with E-state index in [1.165, 1.54) is 11.3 Å². The highest BCUT2D eigenvalue weighted by Crippen LogP contribution is 2.32. The minimum Gasteiger partial charge on any atom is -0.478 e. The minimum absolute atomic E-state index is 0.0149. The van der Waals surface area contributed by atoms with E-state index < -0.39 is 5.97 Å². The van der Waals surface area contributed by atoms with Crippen LogP contribution in [0.5, 0.6) is 0 Å². The fraction of sp³-hybridized carbons (Fsp3) is 0.0625. The van der Waals surface area contributed by atoms with Crippen molar-refractivity contribution in [2.45, 2.75) is 6.61 Å². The Morgan fingerprint density at radius 3 is 2.70 bits per heavy atom. The maximum atomic E-state index is 11.1. The molecule has 3 nitrogen and oxygen atoms in total.